The van der Waals surface area contributed by atoms with Crippen LogP contribution in [-0.4, -0.2) is 7.11 Å². The summed E-state index contributed by atoms with van der Waals surface area (Å²) >= 11 is 0. The van der Waals surface area contributed by atoms with Crippen LogP contribution in [0.4, 0.5) is 0 Å². The first-order chi connectivity index (χ1) is 6.72. The van der Waals surface area contributed by atoms with E-state index in [4.69, 9.17) is 14.9 Å². The average Bonchev–Trinajstić information content (AvgIpc) is 2.60. The topological polar surface area (TPSA) is 48.4 Å². The molecule has 1 aromatic heterocycles. The summed E-state index contributed by atoms with van der Waals surface area (Å²) < 4.78 is 10.8. The maximum atomic E-state index is 5.73. The van der Waals surface area contributed by atoms with Crippen LogP contribution >= 0.6 is 0 Å². The maximum Gasteiger partial charge on any atom is 0.176 e. The van der Waals surface area contributed by atoms with E-state index in [9.17, 15) is 0 Å². The number of benzene rings is 1. The predicted octanol–water partition coefficient (Wildman–Crippen LogP) is 2.46. The number of hydrogen-bond acceptors (Lipinski definition) is 3. The van der Waals surface area contributed by atoms with Crippen LogP contribution in [0.5, 0.6) is 5.75 Å². The maximum absolute atomic E-state index is 5.73. The summed E-state index contributed by atoms with van der Waals surface area (Å²) in [5, 5.41) is 1.02. The second-order valence-corrected chi connectivity index (χ2v) is 3.32. The molecule has 0 aliphatic heterocycles. The van der Waals surface area contributed by atoms with Gasteiger partial charge in [0.05, 0.1) is 13.2 Å². The fourth-order valence-corrected chi connectivity index (χ4v) is 1.44. The minimum atomic E-state index is -0.0906. The van der Waals surface area contributed by atoms with Crippen LogP contribution in [-0.2, 0) is 0 Å². The largest absolute Gasteiger partial charge is 0.493 e. The van der Waals surface area contributed by atoms with Gasteiger partial charge in [-0.2, -0.15) is 0 Å². The Labute approximate surface area is 82.5 Å². The Balaban J connectivity index is 2.64. The van der Waals surface area contributed by atoms with Crippen molar-refractivity contribution in [1.29, 1.82) is 0 Å². The van der Waals surface area contributed by atoms with Crippen molar-refractivity contribution >= 4 is 11.0 Å². The summed E-state index contributed by atoms with van der Waals surface area (Å²) in [7, 11) is 1.63. The Bertz CT molecular complexity index is 445. The molecule has 1 atom stereocenters. The zero-order chi connectivity index (χ0) is 10.1. The van der Waals surface area contributed by atoms with E-state index in [0.29, 0.717) is 0 Å². The summed E-state index contributed by atoms with van der Waals surface area (Å²) in [6.07, 6.45) is 0. The van der Waals surface area contributed by atoms with Gasteiger partial charge < -0.3 is 14.9 Å². The smallest absolute Gasteiger partial charge is 0.176 e. The fraction of sp³-hybridized carbons (Fsp3) is 0.273. The summed E-state index contributed by atoms with van der Waals surface area (Å²) in [4.78, 5) is 0. The van der Waals surface area contributed by atoms with Gasteiger partial charge in [-0.1, -0.05) is 12.1 Å². The van der Waals surface area contributed by atoms with Crippen molar-refractivity contribution in [3.05, 3.63) is 30.0 Å². The number of nitrogens with two attached hydrogens (primary N) is 1. The van der Waals surface area contributed by atoms with Crippen molar-refractivity contribution in [2.45, 2.75) is 13.0 Å². The lowest BCUT2D eigenvalue weighted by atomic mass is 10.2. The van der Waals surface area contributed by atoms with Gasteiger partial charge in [-0.05, 0) is 19.1 Å². The van der Waals surface area contributed by atoms with Crippen molar-refractivity contribution < 1.29 is 9.15 Å². The molecular formula is C11H13NO2. The molecule has 2 N–H and O–H groups in total. The normalized spacial score (nSPS) is 13.1. The molecule has 1 aromatic carbocycles. The van der Waals surface area contributed by atoms with E-state index in [1.165, 1.54) is 0 Å². The van der Waals surface area contributed by atoms with E-state index < -0.39 is 0 Å². The Kier molecular flexibility index (Phi) is 2.17. The van der Waals surface area contributed by atoms with Crippen LogP contribution in [0.2, 0.25) is 0 Å². The Morgan fingerprint density at radius 3 is 2.86 bits per heavy atom. The first-order valence-corrected chi connectivity index (χ1v) is 4.54. The van der Waals surface area contributed by atoms with E-state index in [-0.39, 0.29) is 6.04 Å². The standard InChI is InChI=1S/C11H13NO2/c1-7(12)10-6-8-4-3-5-9(13-2)11(8)14-10/h3-7H,12H2,1-2H3/t7-/m1/s1. The Hall–Kier alpha value is -1.48. The predicted molar refractivity (Wildman–Crippen MR) is 55.4 cm³/mol. The first kappa shape index (κ1) is 9.09. The highest BCUT2D eigenvalue weighted by molar-refractivity contribution is 5.83. The van der Waals surface area contributed by atoms with Crippen LogP contribution in [0.25, 0.3) is 11.0 Å². The summed E-state index contributed by atoms with van der Waals surface area (Å²) in [6.45, 7) is 1.89. The molecule has 0 amide bonds. The number of furan rings is 1. The summed E-state index contributed by atoms with van der Waals surface area (Å²) in [5.41, 5.74) is 6.50. The number of methoxy groups -OCH3 is 1. The molecule has 0 aliphatic rings. The molecule has 0 radical (unpaired) electrons. The summed E-state index contributed by atoms with van der Waals surface area (Å²) in [6, 6.07) is 7.64. The lowest BCUT2D eigenvalue weighted by molar-refractivity contribution is 0.405. The molecule has 14 heavy (non-hydrogen) atoms. The third-order valence-corrected chi connectivity index (χ3v) is 2.20. The van der Waals surface area contributed by atoms with Gasteiger partial charge in [-0.15, -0.1) is 0 Å². The van der Waals surface area contributed by atoms with Crippen LogP contribution in [0.15, 0.2) is 28.7 Å². The third kappa shape index (κ3) is 1.36. The number of rotatable bonds is 2. The Morgan fingerprint density at radius 2 is 2.21 bits per heavy atom. The van der Waals surface area contributed by atoms with Crippen LogP contribution in [0.3, 0.4) is 0 Å². The SMILES string of the molecule is COc1cccc2cc([C@@H](C)N)oc12. The fourth-order valence-electron chi connectivity index (χ4n) is 1.44. The monoisotopic (exact) mass is 191 g/mol. The van der Waals surface area contributed by atoms with Crippen LogP contribution < -0.4 is 10.5 Å². The van der Waals surface area contributed by atoms with E-state index >= 15 is 0 Å². The molecule has 2 aromatic rings. The second kappa shape index (κ2) is 3.35. The van der Waals surface area contributed by atoms with E-state index in [0.717, 1.165) is 22.5 Å². The van der Waals surface area contributed by atoms with Crippen molar-refractivity contribution in [2.24, 2.45) is 5.73 Å². The minimum absolute atomic E-state index is 0.0906. The molecule has 0 saturated carbocycles. The Morgan fingerprint density at radius 1 is 1.43 bits per heavy atom. The average molecular weight is 191 g/mol. The highest BCUT2D eigenvalue weighted by atomic mass is 16.5. The van der Waals surface area contributed by atoms with Gasteiger partial charge in [0.15, 0.2) is 11.3 Å². The molecule has 0 fully saturated rings. The van der Waals surface area contributed by atoms with Crippen LogP contribution in [0.1, 0.15) is 18.7 Å². The van der Waals surface area contributed by atoms with Crippen molar-refractivity contribution in [1.82, 2.24) is 0 Å². The third-order valence-electron chi connectivity index (χ3n) is 2.20. The minimum Gasteiger partial charge on any atom is -0.493 e. The van der Waals surface area contributed by atoms with Gasteiger partial charge in [0.1, 0.15) is 5.76 Å². The van der Waals surface area contributed by atoms with Gasteiger partial charge in [0, 0.05) is 5.39 Å². The zero-order valence-corrected chi connectivity index (χ0v) is 8.28. The summed E-state index contributed by atoms with van der Waals surface area (Å²) in [5.74, 6) is 1.53. The molecule has 0 unspecified atom stereocenters. The number of para-hydroxylation sites is 1. The van der Waals surface area contributed by atoms with Gasteiger partial charge >= 0.3 is 0 Å². The molecule has 2 rings (SSSR count). The van der Waals surface area contributed by atoms with Gasteiger partial charge in [0.2, 0.25) is 0 Å². The molecule has 74 valence electrons. The highest BCUT2D eigenvalue weighted by Gasteiger charge is 2.10. The number of ether oxygens (including phenoxy) is 1. The molecule has 3 heteroatoms. The number of fused-ring (bicyclic) bond motifs is 1. The van der Waals surface area contributed by atoms with Crippen molar-refractivity contribution in [3.63, 3.8) is 0 Å². The lowest BCUT2D eigenvalue weighted by Gasteiger charge is -1.99. The van der Waals surface area contributed by atoms with Crippen molar-refractivity contribution in [3.8, 4) is 5.75 Å². The van der Waals surface area contributed by atoms with E-state index in [1.807, 2.05) is 31.2 Å². The number of hydrogen-bond donors (Lipinski definition) is 1. The molecule has 1 heterocycles. The van der Waals surface area contributed by atoms with E-state index in [1.54, 1.807) is 7.11 Å². The van der Waals surface area contributed by atoms with Gasteiger partial charge in [0.25, 0.3) is 0 Å². The first-order valence-electron chi connectivity index (χ1n) is 4.54. The lowest BCUT2D eigenvalue weighted by Crippen LogP contribution is -2.02. The zero-order valence-electron chi connectivity index (χ0n) is 8.28. The molecule has 0 saturated heterocycles. The van der Waals surface area contributed by atoms with Gasteiger partial charge in [-0.3, -0.25) is 0 Å². The molecule has 0 aliphatic carbocycles. The molecule has 0 bridgehead atoms. The van der Waals surface area contributed by atoms with E-state index in [2.05, 4.69) is 0 Å². The van der Waals surface area contributed by atoms with Crippen molar-refractivity contribution in [2.75, 3.05) is 7.11 Å². The van der Waals surface area contributed by atoms with Crippen LogP contribution in [0, 0.1) is 0 Å². The van der Waals surface area contributed by atoms with Gasteiger partial charge in [-0.25, -0.2) is 0 Å². The quantitative estimate of drug-likeness (QED) is 0.793. The molecular weight excluding hydrogens is 178 g/mol. The molecule has 0 spiro atoms. The molecule has 3 nitrogen and oxygen atoms in total. The second-order valence-electron chi connectivity index (χ2n) is 3.32. The highest BCUT2D eigenvalue weighted by Crippen LogP contribution is 2.30.